The van der Waals surface area contributed by atoms with E-state index in [-0.39, 0.29) is 0 Å². The average Bonchev–Trinajstić information content (AvgIpc) is 3.18. The van der Waals surface area contributed by atoms with Crippen LogP contribution in [0.2, 0.25) is 0 Å². The zero-order valence-electron chi connectivity index (χ0n) is 32.6. The average molecular weight is 691 g/mol. The van der Waals surface area contributed by atoms with Gasteiger partial charge in [0.2, 0.25) is 0 Å². The third-order valence-corrected chi connectivity index (χ3v) is 10.5. The fourth-order valence-electron chi connectivity index (χ4n) is 6.59. The van der Waals surface area contributed by atoms with E-state index < -0.39 is 0 Å². The number of rotatable bonds is 24. The van der Waals surface area contributed by atoms with Crippen LogP contribution in [-0.2, 0) is 0 Å². The zero-order valence-corrected chi connectivity index (χ0v) is 32.6. The van der Waals surface area contributed by atoms with Crippen molar-refractivity contribution in [3.63, 3.8) is 0 Å². The lowest BCUT2D eigenvalue weighted by Gasteiger charge is -2.17. The van der Waals surface area contributed by atoms with Crippen molar-refractivity contribution in [3.8, 4) is 34.2 Å². The first-order valence-corrected chi connectivity index (χ1v) is 20.3. The summed E-state index contributed by atoms with van der Waals surface area (Å²) in [4.78, 5) is 15.1. The first-order valence-electron chi connectivity index (χ1n) is 20.3. The molecule has 0 spiro atoms. The Balaban J connectivity index is 1.57. The van der Waals surface area contributed by atoms with Crippen LogP contribution in [0.5, 0.6) is 0 Å². The first kappa shape index (κ1) is 39.8. The minimum atomic E-state index is 0.684. The number of hydrogen-bond acceptors (Lipinski definition) is 6. The van der Waals surface area contributed by atoms with Crippen molar-refractivity contribution in [2.75, 3.05) is 35.6 Å². The van der Waals surface area contributed by atoms with E-state index in [9.17, 15) is 0 Å². The second-order valence-electron chi connectivity index (χ2n) is 14.4. The summed E-state index contributed by atoms with van der Waals surface area (Å²) in [5.41, 5.74) is 6.35. The summed E-state index contributed by atoms with van der Waals surface area (Å²) >= 11 is 0. The van der Waals surface area contributed by atoms with Gasteiger partial charge in [-0.2, -0.15) is 0 Å². The number of unbranched alkanes of at least 4 members (excludes halogenated alkanes) is 3. The standard InChI is InChI=1S/C45H66N6/c1-7-13-16-34(10-4)31-46-40-25-19-37(20-26-40)43-49-44(38-21-27-41(28-22-38)47-32-35(11-5)17-14-8-2)51-45(50-43)39-23-29-42(30-24-39)48-33-36(12-6)18-15-9-3/h19-30,34-36,46-48H,7-18,31-33H2,1-6H3. The monoisotopic (exact) mass is 691 g/mol. The Bertz CT molecular complexity index is 1320. The lowest BCUT2D eigenvalue weighted by Crippen LogP contribution is -2.13. The number of nitrogens with zero attached hydrogens (tertiary/aromatic N) is 3. The van der Waals surface area contributed by atoms with Gasteiger partial charge in [0, 0.05) is 53.4 Å². The van der Waals surface area contributed by atoms with Gasteiger partial charge in [-0.3, -0.25) is 0 Å². The number of hydrogen-bond donors (Lipinski definition) is 3. The molecule has 6 heteroatoms. The van der Waals surface area contributed by atoms with Crippen LogP contribution in [0.4, 0.5) is 17.1 Å². The van der Waals surface area contributed by atoms with Gasteiger partial charge in [-0.1, -0.05) is 99.3 Å². The smallest absolute Gasteiger partial charge is 0.164 e. The SMILES string of the molecule is CCCCC(CC)CNc1ccc(-c2nc(-c3ccc(NCC(CC)CCCC)cc3)nc(-c3ccc(NCC(CC)CCCC)cc3)n2)cc1. The van der Waals surface area contributed by atoms with Gasteiger partial charge in [0.1, 0.15) is 0 Å². The highest BCUT2D eigenvalue weighted by Gasteiger charge is 2.14. The van der Waals surface area contributed by atoms with Crippen LogP contribution >= 0.6 is 0 Å². The molecular weight excluding hydrogens is 625 g/mol. The van der Waals surface area contributed by atoms with Crippen LogP contribution in [0, 0.1) is 17.8 Å². The quantitative estimate of drug-likeness (QED) is 0.0679. The Morgan fingerprint density at radius 1 is 0.392 bits per heavy atom. The zero-order chi connectivity index (χ0) is 36.3. The fourth-order valence-corrected chi connectivity index (χ4v) is 6.59. The van der Waals surface area contributed by atoms with Crippen molar-refractivity contribution >= 4 is 17.1 Å². The van der Waals surface area contributed by atoms with Crippen LogP contribution in [0.3, 0.4) is 0 Å². The Labute approximate surface area is 310 Å². The van der Waals surface area contributed by atoms with Crippen LogP contribution in [0.15, 0.2) is 72.8 Å². The molecule has 3 aromatic carbocycles. The molecule has 0 amide bonds. The Kier molecular flexibility index (Phi) is 17.3. The van der Waals surface area contributed by atoms with Gasteiger partial charge in [-0.15, -0.1) is 0 Å². The van der Waals surface area contributed by atoms with Gasteiger partial charge in [-0.05, 0) is 110 Å². The Morgan fingerprint density at radius 2 is 0.647 bits per heavy atom. The largest absolute Gasteiger partial charge is 0.385 e. The molecule has 276 valence electrons. The van der Waals surface area contributed by atoms with Crippen LogP contribution in [0.25, 0.3) is 34.2 Å². The summed E-state index contributed by atoms with van der Waals surface area (Å²) in [6.07, 6.45) is 15.1. The van der Waals surface area contributed by atoms with Gasteiger partial charge in [0.15, 0.2) is 17.5 Å². The molecule has 0 fully saturated rings. The molecule has 0 radical (unpaired) electrons. The molecule has 0 bridgehead atoms. The van der Waals surface area contributed by atoms with Gasteiger partial charge in [-0.25, -0.2) is 15.0 Å². The lowest BCUT2D eigenvalue weighted by molar-refractivity contribution is 0.473. The van der Waals surface area contributed by atoms with Crippen molar-refractivity contribution in [2.24, 2.45) is 17.8 Å². The van der Waals surface area contributed by atoms with E-state index in [4.69, 9.17) is 15.0 Å². The van der Waals surface area contributed by atoms with Crippen molar-refractivity contribution in [2.45, 2.75) is 119 Å². The van der Waals surface area contributed by atoms with E-state index in [1.165, 1.54) is 77.0 Å². The van der Waals surface area contributed by atoms with Crippen molar-refractivity contribution in [1.29, 1.82) is 0 Å². The number of benzene rings is 3. The van der Waals surface area contributed by atoms with Crippen LogP contribution < -0.4 is 16.0 Å². The van der Waals surface area contributed by atoms with E-state index >= 15 is 0 Å². The van der Waals surface area contributed by atoms with E-state index in [1.807, 2.05) is 0 Å². The predicted molar refractivity (Wildman–Crippen MR) is 222 cm³/mol. The summed E-state index contributed by atoms with van der Waals surface area (Å²) in [5, 5.41) is 11.0. The number of anilines is 3. The van der Waals surface area contributed by atoms with Gasteiger partial charge in [0.25, 0.3) is 0 Å². The maximum absolute atomic E-state index is 5.03. The summed E-state index contributed by atoms with van der Waals surface area (Å²) in [6, 6.07) is 25.7. The molecule has 3 atom stereocenters. The Hall–Kier alpha value is -3.93. The molecule has 1 aromatic heterocycles. The second kappa shape index (κ2) is 22.1. The summed E-state index contributed by atoms with van der Waals surface area (Å²) < 4.78 is 0. The number of nitrogens with one attached hydrogen (secondary N) is 3. The lowest BCUT2D eigenvalue weighted by atomic mass is 9.99. The molecule has 3 unspecified atom stereocenters. The van der Waals surface area contributed by atoms with E-state index in [0.717, 1.165) is 53.4 Å². The maximum atomic E-state index is 5.03. The first-order chi connectivity index (χ1) is 25.0. The highest BCUT2D eigenvalue weighted by Crippen LogP contribution is 2.28. The minimum Gasteiger partial charge on any atom is -0.385 e. The highest BCUT2D eigenvalue weighted by atomic mass is 15.0. The number of aromatic nitrogens is 3. The summed E-state index contributed by atoms with van der Waals surface area (Å²) in [5.74, 6) is 4.15. The topological polar surface area (TPSA) is 74.8 Å². The van der Waals surface area contributed by atoms with E-state index in [2.05, 4.69) is 130 Å². The van der Waals surface area contributed by atoms with Crippen molar-refractivity contribution < 1.29 is 0 Å². The second-order valence-corrected chi connectivity index (χ2v) is 14.4. The normalized spacial score (nSPS) is 13.1. The fraction of sp³-hybridized carbons (Fsp3) is 0.533. The van der Waals surface area contributed by atoms with E-state index in [0.29, 0.717) is 35.2 Å². The van der Waals surface area contributed by atoms with Crippen LogP contribution in [0.1, 0.15) is 119 Å². The van der Waals surface area contributed by atoms with Crippen molar-refractivity contribution in [3.05, 3.63) is 72.8 Å². The molecule has 0 aliphatic carbocycles. The molecule has 4 aromatic rings. The van der Waals surface area contributed by atoms with Crippen LogP contribution in [-0.4, -0.2) is 34.6 Å². The van der Waals surface area contributed by atoms with Gasteiger partial charge in [0.05, 0.1) is 0 Å². The minimum absolute atomic E-state index is 0.684. The molecular formula is C45H66N6. The van der Waals surface area contributed by atoms with Crippen molar-refractivity contribution in [1.82, 2.24) is 15.0 Å². The molecule has 6 nitrogen and oxygen atoms in total. The molecule has 0 aliphatic heterocycles. The third kappa shape index (κ3) is 13.0. The molecule has 0 saturated carbocycles. The molecule has 1 heterocycles. The molecule has 3 N–H and O–H groups in total. The maximum Gasteiger partial charge on any atom is 0.164 e. The molecule has 0 saturated heterocycles. The Morgan fingerprint density at radius 3 is 0.863 bits per heavy atom. The van der Waals surface area contributed by atoms with E-state index in [1.54, 1.807) is 0 Å². The highest BCUT2D eigenvalue weighted by molar-refractivity contribution is 5.69. The summed E-state index contributed by atoms with van der Waals surface area (Å²) in [7, 11) is 0. The van der Waals surface area contributed by atoms with Gasteiger partial charge >= 0.3 is 0 Å². The summed E-state index contributed by atoms with van der Waals surface area (Å²) in [6.45, 7) is 16.7. The molecule has 51 heavy (non-hydrogen) atoms. The molecule has 4 rings (SSSR count). The third-order valence-electron chi connectivity index (χ3n) is 10.5. The van der Waals surface area contributed by atoms with Gasteiger partial charge < -0.3 is 16.0 Å². The molecule has 0 aliphatic rings. The predicted octanol–water partition coefficient (Wildman–Crippen LogP) is 12.8.